The van der Waals surface area contributed by atoms with Crippen molar-refractivity contribution < 1.29 is 14.1 Å². The van der Waals surface area contributed by atoms with Crippen molar-refractivity contribution in [2.75, 3.05) is 0 Å². The summed E-state index contributed by atoms with van der Waals surface area (Å²) in [6.07, 6.45) is 6.86. The molecule has 2 aliphatic rings. The Morgan fingerprint density at radius 3 is 1.53 bits per heavy atom. The Hall–Kier alpha value is -0.400. The van der Waals surface area contributed by atoms with E-state index in [1.807, 2.05) is 0 Å². The van der Waals surface area contributed by atoms with Gasteiger partial charge >= 0.3 is 190 Å². The minimum absolute atomic E-state index is 0.221. The van der Waals surface area contributed by atoms with Gasteiger partial charge in [-0.3, -0.25) is 0 Å². The van der Waals surface area contributed by atoms with E-state index in [-0.39, 0.29) is 7.25 Å². The fourth-order valence-corrected chi connectivity index (χ4v) is 59.0. The van der Waals surface area contributed by atoms with E-state index in [1.165, 1.54) is 33.4 Å². The molecule has 0 amide bonds. The Labute approximate surface area is 188 Å². The van der Waals surface area contributed by atoms with Crippen LogP contribution in [0.25, 0.3) is 12.2 Å². The Balaban J connectivity index is 2.10. The minimum atomic E-state index is -4.97. The van der Waals surface area contributed by atoms with Gasteiger partial charge in [0.2, 0.25) is 0 Å². The molecular weight excluding hydrogens is 503 g/mol. The Morgan fingerprint density at radius 1 is 0.733 bits per heavy atom. The van der Waals surface area contributed by atoms with Crippen LogP contribution < -0.4 is 0 Å². The summed E-state index contributed by atoms with van der Waals surface area (Å²) in [5.41, 5.74) is 8.43. The molecule has 0 radical (unpaired) electrons. The number of hydrogen-bond acceptors (Lipinski definition) is 0. The first-order valence-electron chi connectivity index (χ1n) is 11.7. The molecule has 0 saturated carbocycles. The molecule has 4 rings (SSSR count). The molecule has 2 aromatic carbocycles. The topological polar surface area (TPSA) is 0 Å². The normalized spacial score (nSPS) is 23.0. The van der Waals surface area contributed by atoms with E-state index < -0.39 is 20.7 Å². The van der Waals surface area contributed by atoms with Crippen LogP contribution in [0.4, 0.5) is 0 Å². The van der Waals surface area contributed by atoms with E-state index in [1.54, 1.807) is 0 Å². The summed E-state index contributed by atoms with van der Waals surface area (Å²) in [6, 6.07) is 18.9. The van der Waals surface area contributed by atoms with Gasteiger partial charge in [-0.2, -0.15) is 0 Å². The molecule has 0 N–H and O–H groups in total. The molecule has 0 aromatic heterocycles. The molecule has 2 unspecified atom stereocenters. The van der Waals surface area contributed by atoms with Crippen molar-refractivity contribution in [2.45, 2.75) is 58.0 Å². The van der Waals surface area contributed by atoms with Gasteiger partial charge in [-0.15, -0.1) is 0 Å². The second-order valence-electron chi connectivity index (χ2n) is 9.65. The molecular formula is C26H34Cl2SiZr. The van der Waals surface area contributed by atoms with Crippen molar-refractivity contribution in [2.24, 2.45) is 0 Å². The average Bonchev–Trinajstić information content (AvgIpc) is 3.34. The van der Waals surface area contributed by atoms with Gasteiger partial charge in [0, 0.05) is 0 Å². The van der Waals surface area contributed by atoms with Gasteiger partial charge in [-0.05, 0) is 0 Å². The predicted octanol–water partition coefficient (Wildman–Crippen LogP) is 8.58. The van der Waals surface area contributed by atoms with Crippen LogP contribution in [0.15, 0.2) is 59.7 Å². The van der Waals surface area contributed by atoms with Crippen LogP contribution in [0.3, 0.4) is 0 Å². The van der Waals surface area contributed by atoms with Gasteiger partial charge in [-0.1, -0.05) is 0 Å². The van der Waals surface area contributed by atoms with E-state index >= 15 is 0 Å². The van der Waals surface area contributed by atoms with Crippen molar-refractivity contribution >= 4 is 35.8 Å². The van der Waals surface area contributed by atoms with Gasteiger partial charge in [0.1, 0.15) is 0 Å². The molecule has 4 heteroatoms. The number of fused-ring (bicyclic) bond motifs is 2. The quantitative estimate of drug-likeness (QED) is 0.311. The van der Waals surface area contributed by atoms with E-state index in [4.69, 9.17) is 17.0 Å². The zero-order valence-electron chi connectivity index (χ0n) is 18.7. The Morgan fingerprint density at radius 2 is 1.17 bits per heavy atom. The second-order valence-corrected chi connectivity index (χ2v) is 62.7. The zero-order valence-corrected chi connectivity index (χ0v) is 24.1. The third-order valence-corrected chi connectivity index (χ3v) is 61.9. The summed E-state index contributed by atoms with van der Waals surface area (Å²) in [4.78, 5) is 0. The first-order valence-corrected chi connectivity index (χ1v) is 29.5. The summed E-state index contributed by atoms with van der Waals surface area (Å²) in [6.45, 7) is 8.48. The standard InChI is InChI=1S/2C11H11.C2H7Si.C2H5.2ClH.Zr/c2*1-2-9-7-10-5-3-4-6-11(10)8-9;1-2-3;1-2;;;/h2*3-8H,2H2,1H3;2-3H2,1H3;1H2,2H3;2*1H;/q;;;;;;+2/p-2. The number of benzene rings is 2. The first-order chi connectivity index (χ1) is 14.3. The molecule has 2 atom stereocenters. The van der Waals surface area contributed by atoms with Gasteiger partial charge in [0.15, 0.2) is 0 Å². The maximum absolute atomic E-state index is 8.50. The fourth-order valence-electron chi connectivity index (χ4n) is 6.96. The van der Waals surface area contributed by atoms with Gasteiger partial charge in [0.05, 0.1) is 0 Å². The van der Waals surface area contributed by atoms with E-state index in [2.05, 4.69) is 88.4 Å². The van der Waals surface area contributed by atoms with Crippen molar-refractivity contribution in [3.63, 3.8) is 0 Å². The molecule has 0 nitrogen and oxygen atoms in total. The first kappa shape index (κ1) is 22.8. The van der Waals surface area contributed by atoms with Crippen LogP contribution in [-0.2, 0) is 14.1 Å². The van der Waals surface area contributed by atoms with Gasteiger partial charge in [0.25, 0.3) is 0 Å². The number of rotatable bonds is 7. The second kappa shape index (κ2) is 7.58. The van der Waals surface area contributed by atoms with Crippen LogP contribution >= 0.6 is 17.0 Å². The molecule has 0 aliphatic heterocycles. The SMILES string of the molecule is CC[SiH2][Zr]([Cl])([Cl])([CH2]C)([CH]1C(CC)=Cc2ccccc21)[CH]1C(CC)=Cc2ccccc21. The third kappa shape index (κ3) is 3.01. The molecule has 2 aliphatic carbocycles. The predicted molar refractivity (Wildman–Crippen MR) is 136 cm³/mol. The van der Waals surface area contributed by atoms with E-state index in [9.17, 15) is 0 Å². The molecule has 0 bridgehead atoms. The van der Waals surface area contributed by atoms with Crippen LogP contribution in [0.2, 0.25) is 10.2 Å². The van der Waals surface area contributed by atoms with Gasteiger partial charge in [-0.25, -0.2) is 0 Å². The molecule has 30 heavy (non-hydrogen) atoms. The maximum atomic E-state index is 8.50. The molecule has 0 spiro atoms. The van der Waals surface area contributed by atoms with E-state index in [0.29, 0.717) is 0 Å². The fraction of sp³-hybridized carbons (Fsp3) is 0.385. The molecule has 0 saturated heterocycles. The van der Waals surface area contributed by atoms with Crippen molar-refractivity contribution in [3.05, 3.63) is 81.9 Å². The summed E-state index contributed by atoms with van der Waals surface area (Å²) in [5, 5.41) is 0. The average molecular weight is 537 g/mol. The van der Waals surface area contributed by atoms with Crippen LogP contribution in [-0.4, -0.2) is 6.65 Å². The molecule has 2 aromatic rings. The third-order valence-electron chi connectivity index (χ3n) is 8.27. The number of halogens is 2. The van der Waals surface area contributed by atoms with Crippen molar-refractivity contribution in [1.29, 1.82) is 0 Å². The monoisotopic (exact) mass is 534 g/mol. The zero-order chi connectivity index (χ0) is 21.6. The molecule has 160 valence electrons. The number of hydrogen-bond donors (Lipinski definition) is 0. The Kier molecular flexibility index (Phi) is 5.76. The van der Waals surface area contributed by atoms with E-state index in [0.717, 1.165) is 23.0 Å². The van der Waals surface area contributed by atoms with Crippen molar-refractivity contribution in [3.8, 4) is 0 Å². The van der Waals surface area contributed by atoms with Crippen LogP contribution in [0, 0.1) is 0 Å². The summed E-state index contributed by atoms with van der Waals surface area (Å²) < 4.78 is 1.38. The summed E-state index contributed by atoms with van der Waals surface area (Å²) >= 11 is -4.97. The van der Waals surface area contributed by atoms with Gasteiger partial charge < -0.3 is 0 Å². The van der Waals surface area contributed by atoms with Crippen molar-refractivity contribution in [1.82, 2.24) is 0 Å². The summed E-state index contributed by atoms with van der Waals surface area (Å²) in [7, 11) is 17.0. The Bertz CT molecular complexity index is 993. The van der Waals surface area contributed by atoms with Crippen LogP contribution in [0.5, 0.6) is 0 Å². The van der Waals surface area contributed by atoms with Crippen LogP contribution in [0.1, 0.15) is 70.0 Å². The summed E-state index contributed by atoms with van der Waals surface area (Å²) in [5.74, 6) is 0. The number of allylic oxidation sites excluding steroid dienone is 2. The molecule has 0 fully saturated rings. The molecule has 0 heterocycles.